The van der Waals surface area contributed by atoms with E-state index in [1.165, 1.54) is 0 Å². The van der Waals surface area contributed by atoms with Crippen molar-refractivity contribution in [3.8, 4) is 22.9 Å². The highest BCUT2D eigenvalue weighted by Crippen LogP contribution is 2.36. The Morgan fingerprint density at radius 3 is 2.85 bits per heavy atom. The van der Waals surface area contributed by atoms with Crippen LogP contribution in [0.4, 0.5) is 0 Å². The Kier molecular flexibility index (Phi) is 3.06. The Morgan fingerprint density at radius 2 is 2.05 bits per heavy atom. The van der Waals surface area contributed by atoms with E-state index in [0.717, 1.165) is 27.6 Å². The molecule has 1 heterocycles. The van der Waals surface area contributed by atoms with Gasteiger partial charge in [-0.1, -0.05) is 12.1 Å². The topological polar surface area (TPSA) is 45.9 Å². The molecule has 0 saturated carbocycles. The molecule has 0 N–H and O–H groups in total. The van der Waals surface area contributed by atoms with Crippen molar-refractivity contribution in [1.82, 2.24) is 4.98 Å². The molecule has 1 aromatic heterocycles. The van der Waals surface area contributed by atoms with Crippen molar-refractivity contribution in [2.45, 2.75) is 0 Å². The zero-order valence-electron chi connectivity index (χ0n) is 11.0. The number of benzene rings is 2. The number of pyridine rings is 1. The summed E-state index contributed by atoms with van der Waals surface area (Å²) in [7, 11) is 1.65. The first-order valence-electron chi connectivity index (χ1n) is 6.25. The molecule has 0 saturated heterocycles. The number of nitrogens with zero attached hydrogens (tertiary/aromatic N) is 2. The Morgan fingerprint density at radius 1 is 1.15 bits per heavy atom. The number of hydrogen-bond donors (Lipinski definition) is 0. The molecule has 3 rings (SSSR count). The molecule has 0 amide bonds. The van der Waals surface area contributed by atoms with Crippen LogP contribution in [0.25, 0.3) is 21.9 Å². The molecule has 3 aromatic rings. The van der Waals surface area contributed by atoms with Gasteiger partial charge in [-0.2, -0.15) is 5.26 Å². The average Bonchev–Trinajstić information content (AvgIpc) is 2.53. The van der Waals surface area contributed by atoms with Crippen LogP contribution in [-0.2, 0) is 0 Å². The monoisotopic (exact) mass is 260 g/mol. The van der Waals surface area contributed by atoms with Crippen molar-refractivity contribution in [2.75, 3.05) is 7.11 Å². The normalized spacial score (nSPS) is 10.2. The Balaban J connectivity index is 2.36. The van der Waals surface area contributed by atoms with Crippen molar-refractivity contribution >= 4 is 10.8 Å². The zero-order chi connectivity index (χ0) is 13.9. The van der Waals surface area contributed by atoms with Gasteiger partial charge in [0.1, 0.15) is 5.75 Å². The van der Waals surface area contributed by atoms with E-state index in [9.17, 15) is 0 Å². The lowest BCUT2D eigenvalue weighted by molar-refractivity contribution is 0.417. The van der Waals surface area contributed by atoms with E-state index < -0.39 is 0 Å². The quantitative estimate of drug-likeness (QED) is 0.704. The lowest BCUT2D eigenvalue weighted by Crippen LogP contribution is -1.90. The van der Waals surface area contributed by atoms with E-state index in [0.29, 0.717) is 5.56 Å². The lowest BCUT2D eigenvalue weighted by atomic mass is 9.97. The SMILES string of the molecule is COc1ccc2cnccc2c1-c1cccc(C#N)c1. The molecule has 0 atom stereocenters. The highest BCUT2D eigenvalue weighted by molar-refractivity contribution is 5.99. The number of methoxy groups -OCH3 is 1. The molecule has 3 nitrogen and oxygen atoms in total. The van der Waals surface area contributed by atoms with Gasteiger partial charge in [-0.3, -0.25) is 4.98 Å². The van der Waals surface area contributed by atoms with Crippen LogP contribution in [0.15, 0.2) is 54.9 Å². The van der Waals surface area contributed by atoms with Crippen molar-refractivity contribution in [3.63, 3.8) is 0 Å². The van der Waals surface area contributed by atoms with Crippen molar-refractivity contribution in [3.05, 3.63) is 60.4 Å². The van der Waals surface area contributed by atoms with Gasteiger partial charge in [0.25, 0.3) is 0 Å². The van der Waals surface area contributed by atoms with Crippen LogP contribution >= 0.6 is 0 Å². The van der Waals surface area contributed by atoms with Gasteiger partial charge in [-0.15, -0.1) is 0 Å². The van der Waals surface area contributed by atoms with Crippen LogP contribution in [0, 0.1) is 11.3 Å². The van der Waals surface area contributed by atoms with Crippen molar-refractivity contribution in [2.24, 2.45) is 0 Å². The first-order chi connectivity index (χ1) is 9.83. The van der Waals surface area contributed by atoms with Gasteiger partial charge in [-0.25, -0.2) is 0 Å². The van der Waals surface area contributed by atoms with Gasteiger partial charge in [0, 0.05) is 23.3 Å². The van der Waals surface area contributed by atoms with E-state index >= 15 is 0 Å². The fourth-order valence-corrected chi connectivity index (χ4v) is 2.36. The molecule has 20 heavy (non-hydrogen) atoms. The second-order valence-electron chi connectivity index (χ2n) is 4.43. The van der Waals surface area contributed by atoms with Gasteiger partial charge in [0.2, 0.25) is 0 Å². The fraction of sp³-hybridized carbons (Fsp3) is 0.0588. The summed E-state index contributed by atoms with van der Waals surface area (Å²) in [6.07, 6.45) is 3.59. The maximum atomic E-state index is 9.06. The number of fused-ring (bicyclic) bond motifs is 1. The molecule has 0 fully saturated rings. The number of nitriles is 1. The molecule has 0 spiro atoms. The molecule has 3 heteroatoms. The highest BCUT2D eigenvalue weighted by Gasteiger charge is 2.11. The highest BCUT2D eigenvalue weighted by atomic mass is 16.5. The van der Waals surface area contributed by atoms with Crippen LogP contribution in [0.5, 0.6) is 5.75 Å². The minimum atomic E-state index is 0.635. The zero-order valence-corrected chi connectivity index (χ0v) is 11.0. The van der Waals surface area contributed by atoms with E-state index in [-0.39, 0.29) is 0 Å². The first-order valence-corrected chi connectivity index (χ1v) is 6.25. The van der Waals surface area contributed by atoms with Gasteiger partial charge in [-0.05, 0) is 41.3 Å². The maximum absolute atomic E-state index is 9.06. The third-order valence-electron chi connectivity index (χ3n) is 3.28. The van der Waals surface area contributed by atoms with Crippen molar-refractivity contribution < 1.29 is 4.74 Å². The van der Waals surface area contributed by atoms with Crippen LogP contribution in [-0.4, -0.2) is 12.1 Å². The fourth-order valence-electron chi connectivity index (χ4n) is 2.36. The van der Waals surface area contributed by atoms with Crippen LogP contribution in [0.2, 0.25) is 0 Å². The number of rotatable bonds is 2. The summed E-state index contributed by atoms with van der Waals surface area (Å²) in [5.41, 5.74) is 2.60. The van der Waals surface area contributed by atoms with E-state index in [1.807, 2.05) is 42.6 Å². The van der Waals surface area contributed by atoms with E-state index in [2.05, 4.69) is 11.1 Å². The van der Waals surface area contributed by atoms with Crippen LogP contribution in [0.1, 0.15) is 5.56 Å². The smallest absolute Gasteiger partial charge is 0.127 e. The van der Waals surface area contributed by atoms with Gasteiger partial charge in [0.05, 0.1) is 18.7 Å². The molecule has 0 aliphatic rings. The molecule has 0 radical (unpaired) electrons. The third-order valence-corrected chi connectivity index (χ3v) is 3.28. The molecule has 0 aliphatic carbocycles. The minimum absolute atomic E-state index is 0.635. The predicted molar refractivity (Wildman–Crippen MR) is 78.4 cm³/mol. The largest absolute Gasteiger partial charge is 0.496 e. The summed E-state index contributed by atoms with van der Waals surface area (Å²) in [6, 6.07) is 15.6. The molecule has 0 bridgehead atoms. The van der Waals surface area contributed by atoms with Crippen LogP contribution in [0.3, 0.4) is 0 Å². The number of hydrogen-bond acceptors (Lipinski definition) is 3. The molecule has 96 valence electrons. The molecule has 0 aliphatic heterocycles. The van der Waals surface area contributed by atoms with Crippen molar-refractivity contribution in [1.29, 1.82) is 5.26 Å². The van der Waals surface area contributed by atoms with Gasteiger partial charge in [0.15, 0.2) is 0 Å². The van der Waals surface area contributed by atoms with Gasteiger partial charge >= 0.3 is 0 Å². The summed E-state index contributed by atoms with van der Waals surface area (Å²) >= 11 is 0. The second kappa shape index (κ2) is 5.02. The Bertz CT molecular complexity index is 819. The second-order valence-corrected chi connectivity index (χ2v) is 4.43. The maximum Gasteiger partial charge on any atom is 0.127 e. The predicted octanol–water partition coefficient (Wildman–Crippen LogP) is 3.78. The molecular weight excluding hydrogens is 248 g/mol. The number of aromatic nitrogens is 1. The number of ether oxygens (including phenoxy) is 1. The lowest BCUT2D eigenvalue weighted by Gasteiger charge is -2.12. The standard InChI is InChI=1S/C17H12N2O/c1-20-16-6-5-14-11-19-8-7-15(14)17(16)13-4-2-3-12(9-13)10-18/h2-9,11H,1H3. The average molecular weight is 260 g/mol. The summed E-state index contributed by atoms with van der Waals surface area (Å²) in [5.74, 6) is 0.791. The minimum Gasteiger partial charge on any atom is -0.496 e. The van der Waals surface area contributed by atoms with E-state index in [1.54, 1.807) is 19.4 Å². The van der Waals surface area contributed by atoms with E-state index in [4.69, 9.17) is 10.00 Å². The Hall–Kier alpha value is -2.86. The molecule has 2 aromatic carbocycles. The first kappa shape index (κ1) is 12.2. The Labute approximate surface area is 117 Å². The summed E-state index contributed by atoms with van der Waals surface area (Å²) < 4.78 is 5.48. The third kappa shape index (κ3) is 1.98. The van der Waals surface area contributed by atoms with Crippen LogP contribution < -0.4 is 4.74 Å². The summed E-state index contributed by atoms with van der Waals surface area (Å²) in [5, 5.41) is 11.2. The summed E-state index contributed by atoms with van der Waals surface area (Å²) in [4.78, 5) is 4.14. The van der Waals surface area contributed by atoms with Gasteiger partial charge < -0.3 is 4.74 Å². The molecule has 0 unspecified atom stereocenters. The summed E-state index contributed by atoms with van der Waals surface area (Å²) in [6.45, 7) is 0. The molecular formula is C17H12N2O.